The van der Waals surface area contributed by atoms with Crippen molar-refractivity contribution in [2.24, 2.45) is 0 Å². The number of urea groups is 1. The van der Waals surface area contributed by atoms with Gasteiger partial charge in [0.2, 0.25) is 0 Å². The van der Waals surface area contributed by atoms with E-state index >= 15 is 0 Å². The van der Waals surface area contributed by atoms with Gasteiger partial charge in [-0.05, 0) is 30.5 Å². The average Bonchev–Trinajstić information content (AvgIpc) is 3.05. The Morgan fingerprint density at radius 3 is 2.41 bits per heavy atom. The average molecular weight is 295 g/mol. The maximum absolute atomic E-state index is 12.1. The summed E-state index contributed by atoms with van der Waals surface area (Å²) in [4.78, 5) is 16.0. The first-order valence-corrected chi connectivity index (χ1v) is 7.79. The topological polar surface area (TPSA) is 54.0 Å². The minimum atomic E-state index is -0.159. The number of hydrogen-bond acceptors (Lipinski definition) is 2. The first kappa shape index (κ1) is 14.6. The molecule has 0 spiro atoms. The third-order valence-corrected chi connectivity index (χ3v) is 4.47. The van der Waals surface area contributed by atoms with Crippen LogP contribution in [-0.4, -0.2) is 17.6 Å². The highest BCUT2D eigenvalue weighted by atomic mass is 16.2. The summed E-state index contributed by atoms with van der Waals surface area (Å²) in [6.07, 6.45) is 8.04. The number of benzene rings is 1. The highest BCUT2D eigenvalue weighted by molar-refractivity contribution is 5.89. The fraction of sp³-hybridized carbons (Fsp3) is 0.333. The monoisotopic (exact) mass is 295 g/mol. The predicted octanol–water partition coefficient (Wildman–Crippen LogP) is 3.72. The number of nitrogens with one attached hydrogen (secondary N) is 2. The minimum absolute atomic E-state index is 0.0802. The molecule has 0 aliphatic heterocycles. The van der Waals surface area contributed by atoms with Crippen LogP contribution in [0.15, 0.2) is 54.9 Å². The number of amides is 2. The molecule has 2 amide bonds. The van der Waals surface area contributed by atoms with Crippen LogP contribution in [0.5, 0.6) is 0 Å². The Labute approximate surface area is 131 Å². The standard InChI is InChI=1S/C18H21N3O/c22-17(21-16-8-12-19-13-9-16)20-14-18(10-4-5-11-18)15-6-2-1-3-7-15/h1-3,6-9,12-13H,4-5,10-11,14H2,(H2,19,20,21,22). The van der Waals surface area contributed by atoms with Crippen molar-refractivity contribution in [3.05, 3.63) is 60.4 Å². The zero-order chi connectivity index (χ0) is 15.3. The van der Waals surface area contributed by atoms with Gasteiger partial charge in [0.25, 0.3) is 0 Å². The second kappa shape index (κ2) is 6.60. The van der Waals surface area contributed by atoms with Crippen molar-refractivity contribution in [3.63, 3.8) is 0 Å². The fourth-order valence-electron chi connectivity index (χ4n) is 3.27. The summed E-state index contributed by atoms with van der Waals surface area (Å²) in [5, 5.41) is 5.89. The maximum atomic E-state index is 12.1. The molecule has 1 aliphatic rings. The Hall–Kier alpha value is -2.36. The van der Waals surface area contributed by atoms with Crippen molar-refractivity contribution < 1.29 is 4.79 Å². The van der Waals surface area contributed by atoms with Gasteiger partial charge in [0, 0.05) is 30.0 Å². The van der Waals surface area contributed by atoms with Crippen LogP contribution in [0.4, 0.5) is 10.5 Å². The summed E-state index contributed by atoms with van der Waals surface area (Å²) < 4.78 is 0. The van der Waals surface area contributed by atoms with Crippen LogP contribution in [0.1, 0.15) is 31.2 Å². The largest absolute Gasteiger partial charge is 0.337 e. The first-order valence-electron chi connectivity index (χ1n) is 7.79. The van der Waals surface area contributed by atoms with Crippen molar-refractivity contribution in [1.29, 1.82) is 0 Å². The van der Waals surface area contributed by atoms with Gasteiger partial charge >= 0.3 is 6.03 Å². The van der Waals surface area contributed by atoms with Gasteiger partial charge in [0.05, 0.1) is 0 Å². The number of nitrogens with zero attached hydrogens (tertiary/aromatic N) is 1. The highest BCUT2D eigenvalue weighted by Crippen LogP contribution is 2.40. The Bertz CT molecular complexity index is 607. The normalized spacial score (nSPS) is 16.2. The second-order valence-electron chi connectivity index (χ2n) is 5.90. The molecule has 114 valence electrons. The summed E-state index contributed by atoms with van der Waals surface area (Å²) in [5.74, 6) is 0. The van der Waals surface area contributed by atoms with Gasteiger partial charge in [-0.15, -0.1) is 0 Å². The van der Waals surface area contributed by atoms with Crippen LogP contribution in [0, 0.1) is 0 Å². The summed E-state index contributed by atoms with van der Waals surface area (Å²) in [6.45, 7) is 0.675. The molecule has 3 rings (SSSR count). The molecule has 1 heterocycles. The predicted molar refractivity (Wildman–Crippen MR) is 87.8 cm³/mol. The molecule has 22 heavy (non-hydrogen) atoms. The second-order valence-corrected chi connectivity index (χ2v) is 5.90. The van der Waals surface area contributed by atoms with E-state index in [0.717, 1.165) is 18.5 Å². The van der Waals surface area contributed by atoms with Gasteiger partial charge in [-0.2, -0.15) is 0 Å². The lowest BCUT2D eigenvalue weighted by Crippen LogP contribution is -2.40. The number of anilines is 1. The van der Waals surface area contributed by atoms with E-state index in [9.17, 15) is 4.79 Å². The molecular weight excluding hydrogens is 274 g/mol. The van der Waals surface area contributed by atoms with Crippen LogP contribution in [-0.2, 0) is 5.41 Å². The molecule has 0 bridgehead atoms. The quantitative estimate of drug-likeness (QED) is 0.903. The van der Waals surface area contributed by atoms with Crippen LogP contribution in [0.2, 0.25) is 0 Å². The van der Waals surface area contributed by atoms with Crippen molar-refractivity contribution in [3.8, 4) is 0 Å². The van der Waals surface area contributed by atoms with Crippen molar-refractivity contribution >= 4 is 11.7 Å². The Kier molecular flexibility index (Phi) is 4.37. The van der Waals surface area contributed by atoms with Gasteiger partial charge in [0.1, 0.15) is 0 Å². The van der Waals surface area contributed by atoms with Gasteiger partial charge in [-0.1, -0.05) is 43.2 Å². The Morgan fingerprint density at radius 1 is 1.05 bits per heavy atom. The van der Waals surface area contributed by atoms with Crippen molar-refractivity contribution in [2.45, 2.75) is 31.1 Å². The van der Waals surface area contributed by atoms with Gasteiger partial charge < -0.3 is 10.6 Å². The number of pyridine rings is 1. The molecule has 1 aromatic heterocycles. The molecule has 0 unspecified atom stereocenters. The molecular formula is C18H21N3O. The molecule has 1 fully saturated rings. The van der Waals surface area contributed by atoms with E-state index in [-0.39, 0.29) is 11.4 Å². The fourth-order valence-corrected chi connectivity index (χ4v) is 3.27. The van der Waals surface area contributed by atoms with E-state index in [1.54, 1.807) is 24.5 Å². The molecule has 1 aliphatic carbocycles. The lowest BCUT2D eigenvalue weighted by molar-refractivity contribution is 0.248. The molecule has 2 aromatic rings. The van der Waals surface area contributed by atoms with E-state index in [2.05, 4.69) is 39.9 Å². The molecule has 1 saturated carbocycles. The molecule has 0 radical (unpaired) electrons. The van der Waals surface area contributed by atoms with Crippen LogP contribution in [0.25, 0.3) is 0 Å². The molecule has 0 atom stereocenters. The SMILES string of the molecule is O=C(NCC1(c2ccccc2)CCCC1)Nc1ccncc1. The van der Waals surface area contributed by atoms with E-state index in [1.165, 1.54) is 18.4 Å². The number of aromatic nitrogens is 1. The molecule has 1 aromatic carbocycles. The lowest BCUT2D eigenvalue weighted by atomic mass is 9.79. The zero-order valence-corrected chi connectivity index (χ0v) is 12.6. The van der Waals surface area contributed by atoms with E-state index < -0.39 is 0 Å². The minimum Gasteiger partial charge on any atom is -0.337 e. The zero-order valence-electron chi connectivity index (χ0n) is 12.6. The van der Waals surface area contributed by atoms with E-state index in [1.807, 2.05) is 6.07 Å². The molecule has 2 N–H and O–H groups in total. The Balaban J connectivity index is 1.64. The molecule has 4 heteroatoms. The summed E-state index contributed by atoms with van der Waals surface area (Å²) in [5.41, 5.74) is 2.17. The third-order valence-electron chi connectivity index (χ3n) is 4.47. The van der Waals surface area contributed by atoms with Crippen molar-refractivity contribution in [2.75, 3.05) is 11.9 Å². The van der Waals surface area contributed by atoms with Gasteiger partial charge in [-0.25, -0.2) is 4.79 Å². The molecule has 0 saturated heterocycles. The number of carbonyl (C=O) groups excluding carboxylic acids is 1. The first-order chi connectivity index (χ1) is 10.8. The number of rotatable bonds is 4. The summed E-state index contributed by atoms with van der Waals surface area (Å²) in [6, 6.07) is 13.9. The van der Waals surface area contributed by atoms with Crippen LogP contribution in [0.3, 0.4) is 0 Å². The smallest absolute Gasteiger partial charge is 0.319 e. The van der Waals surface area contributed by atoms with Crippen LogP contribution >= 0.6 is 0 Å². The molecule has 4 nitrogen and oxygen atoms in total. The van der Waals surface area contributed by atoms with Crippen molar-refractivity contribution in [1.82, 2.24) is 10.3 Å². The summed E-state index contributed by atoms with van der Waals surface area (Å²) in [7, 11) is 0. The maximum Gasteiger partial charge on any atom is 0.319 e. The third kappa shape index (κ3) is 3.27. The van der Waals surface area contributed by atoms with Gasteiger partial charge in [0.15, 0.2) is 0 Å². The highest BCUT2D eigenvalue weighted by Gasteiger charge is 2.35. The van der Waals surface area contributed by atoms with Crippen LogP contribution < -0.4 is 10.6 Å². The summed E-state index contributed by atoms with van der Waals surface area (Å²) >= 11 is 0. The number of hydrogen-bond donors (Lipinski definition) is 2. The van der Waals surface area contributed by atoms with Gasteiger partial charge in [-0.3, -0.25) is 4.98 Å². The lowest BCUT2D eigenvalue weighted by Gasteiger charge is -2.30. The number of carbonyl (C=O) groups is 1. The Morgan fingerprint density at radius 2 is 1.73 bits per heavy atom. The van der Waals surface area contributed by atoms with E-state index in [0.29, 0.717) is 6.54 Å². The van der Waals surface area contributed by atoms with E-state index in [4.69, 9.17) is 0 Å².